The molecule has 2 rings (SSSR count). The monoisotopic (exact) mass is 323 g/mol. The average Bonchev–Trinajstić information content (AvgIpc) is 2.99. The van der Waals surface area contributed by atoms with E-state index in [9.17, 15) is 18.4 Å². The van der Waals surface area contributed by atoms with Crippen LogP contribution in [0.15, 0.2) is 18.2 Å². The summed E-state index contributed by atoms with van der Waals surface area (Å²) in [6, 6.07) is 3.35. The normalized spacial score (nSPS) is 10.4. The van der Waals surface area contributed by atoms with E-state index >= 15 is 0 Å². The lowest BCUT2D eigenvalue weighted by Crippen LogP contribution is -2.14. The number of benzene rings is 1. The van der Waals surface area contributed by atoms with E-state index in [2.05, 4.69) is 20.3 Å². The summed E-state index contributed by atoms with van der Waals surface area (Å²) in [5.74, 6) is -4.25. The lowest BCUT2D eigenvalue weighted by atomic mass is 10.1. The highest BCUT2D eigenvalue weighted by Gasteiger charge is 2.19. The number of amides is 1. The Bertz CT molecular complexity index is 744. The summed E-state index contributed by atoms with van der Waals surface area (Å²) >= 11 is 0. The van der Waals surface area contributed by atoms with E-state index in [0.29, 0.717) is 0 Å². The summed E-state index contributed by atoms with van der Waals surface area (Å²) in [4.78, 5) is 23.5. The lowest BCUT2D eigenvalue weighted by molar-refractivity contribution is 0.0594. The average molecular weight is 323 g/mol. The summed E-state index contributed by atoms with van der Waals surface area (Å²) < 4.78 is 31.5. The molecule has 0 atom stereocenters. The van der Waals surface area contributed by atoms with Crippen LogP contribution in [0.5, 0.6) is 0 Å². The first-order valence-corrected chi connectivity index (χ1v) is 6.89. The first-order chi connectivity index (χ1) is 11.0. The number of H-pyrrole nitrogens is 1. The number of aromatic amines is 1. The fourth-order valence-corrected chi connectivity index (χ4v) is 1.99. The second-order valence-corrected chi connectivity index (χ2v) is 4.79. The van der Waals surface area contributed by atoms with Crippen LogP contribution in [0, 0.1) is 11.6 Å². The van der Waals surface area contributed by atoms with E-state index in [1.165, 1.54) is 0 Å². The smallest absolute Gasteiger partial charge is 0.341 e. The molecule has 0 unspecified atom stereocenters. The molecule has 0 fully saturated rings. The van der Waals surface area contributed by atoms with Gasteiger partial charge in [-0.05, 0) is 18.6 Å². The molecule has 2 aromatic rings. The molecule has 0 aliphatic heterocycles. The van der Waals surface area contributed by atoms with Crippen LogP contribution in [0.25, 0.3) is 0 Å². The zero-order valence-electron chi connectivity index (χ0n) is 12.6. The first-order valence-electron chi connectivity index (χ1n) is 6.89. The second-order valence-electron chi connectivity index (χ2n) is 4.79. The van der Waals surface area contributed by atoms with Gasteiger partial charge in [-0.3, -0.25) is 9.89 Å². The number of rotatable bonds is 5. The molecule has 23 heavy (non-hydrogen) atoms. The van der Waals surface area contributed by atoms with Crippen molar-refractivity contribution in [1.82, 2.24) is 10.2 Å². The molecule has 122 valence electrons. The number of carbonyl (C=O) groups is 2. The minimum absolute atomic E-state index is 0.0747. The van der Waals surface area contributed by atoms with E-state index in [4.69, 9.17) is 0 Å². The Labute approximate surface area is 130 Å². The van der Waals surface area contributed by atoms with Crippen LogP contribution in [0.3, 0.4) is 0 Å². The van der Waals surface area contributed by atoms with Crippen LogP contribution >= 0.6 is 0 Å². The number of carbonyl (C=O) groups excluding carboxylic acids is 2. The number of nitrogens with zero attached hydrogens (tertiary/aromatic N) is 1. The number of nitrogens with one attached hydrogen (secondary N) is 2. The first kappa shape index (κ1) is 16.6. The predicted molar refractivity (Wildman–Crippen MR) is 78.2 cm³/mol. The molecule has 1 aromatic heterocycles. The van der Waals surface area contributed by atoms with Gasteiger partial charge in [-0.1, -0.05) is 13.3 Å². The highest BCUT2D eigenvalue weighted by Crippen LogP contribution is 2.20. The van der Waals surface area contributed by atoms with Crippen molar-refractivity contribution in [2.75, 3.05) is 12.4 Å². The number of methoxy groups -OCH3 is 1. The lowest BCUT2D eigenvalue weighted by Gasteiger charge is -2.07. The summed E-state index contributed by atoms with van der Waals surface area (Å²) in [5.41, 5.74) is 0.224. The molecule has 8 heteroatoms. The van der Waals surface area contributed by atoms with Gasteiger partial charge in [0.05, 0.1) is 7.11 Å². The van der Waals surface area contributed by atoms with E-state index in [0.717, 1.165) is 37.8 Å². The minimum Gasteiger partial charge on any atom is -0.465 e. The number of anilines is 1. The van der Waals surface area contributed by atoms with Crippen LogP contribution in [-0.2, 0) is 11.2 Å². The number of hydrogen-bond acceptors (Lipinski definition) is 4. The van der Waals surface area contributed by atoms with Gasteiger partial charge in [-0.15, -0.1) is 0 Å². The molecular weight excluding hydrogens is 308 g/mol. The third-order valence-corrected chi connectivity index (χ3v) is 3.07. The third-order valence-electron chi connectivity index (χ3n) is 3.07. The van der Waals surface area contributed by atoms with Crippen molar-refractivity contribution >= 4 is 17.6 Å². The number of esters is 1. The molecule has 6 nitrogen and oxygen atoms in total. The van der Waals surface area contributed by atoms with Gasteiger partial charge in [-0.2, -0.15) is 5.10 Å². The van der Waals surface area contributed by atoms with Crippen molar-refractivity contribution in [2.45, 2.75) is 19.8 Å². The van der Waals surface area contributed by atoms with Crippen LogP contribution < -0.4 is 5.32 Å². The van der Waals surface area contributed by atoms with Crippen LogP contribution in [-0.4, -0.2) is 29.2 Å². The van der Waals surface area contributed by atoms with Gasteiger partial charge in [0.15, 0.2) is 17.3 Å². The molecular formula is C15H15F2N3O3. The maximum atomic E-state index is 13.6. The summed E-state index contributed by atoms with van der Waals surface area (Å²) in [5, 5.41) is 8.93. The fraction of sp³-hybridized carbons (Fsp3) is 0.267. The predicted octanol–water partition coefficient (Wildman–Crippen LogP) is 2.68. The Morgan fingerprint density at radius 1 is 1.30 bits per heavy atom. The third kappa shape index (κ3) is 3.71. The Morgan fingerprint density at radius 2 is 2.04 bits per heavy atom. The highest BCUT2D eigenvalue weighted by molar-refractivity contribution is 6.03. The summed E-state index contributed by atoms with van der Waals surface area (Å²) in [6.07, 6.45) is 1.62. The van der Waals surface area contributed by atoms with Crippen molar-refractivity contribution in [3.05, 3.63) is 46.8 Å². The van der Waals surface area contributed by atoms with Crippen LogP contribution in [0.1, 0.15) is 39.9 Å². The molecule has 0 radical (unpaired) electrons. The van der Waals surface area contributed by atoms with Crippen molar-refractivity contribution in [3.63, 3.8) is 0 Å². The SMILES string of the molecule is CCCc1cc(C(=O)Nc2cc(F)c(F)c(C(=O)OC)c2)n[nH]1. The van der Waals surface area contributed by atoms with Crippen LogP contribution in [0.4, 0.5) is 14.5 Å². The molecule has 1 amide bonds. The topological polar surface area (TPSA) is 84.1 Å². The molecule has 0 aliphatic rings. The quantitative estimate of drug-likeness (QED) is 0.829. The molecule has 1 heterocycles. The number of hydrogen-bond donors (Lipinski definition) is 2. The Kier molecular flexibility index (Phi) is 5.05. The van der Waals surface area contributed by atoms with Gasteiger partial charge in [0.2, 0.25) is 0 Å². The van der Waals surface area contributed by atoms with Gasteiger partial charge in [-0.25, -0.2) is 13.6 Å². The fourth-order valence-electron chi connectivity index (χ4n) is 1.99. The van der Waals surface area contributed by atoms with Crippen molar-refractivity contribution in [3.8, 4) is 0 Å². The molecule has 0 aliphatic carbocycles. The number of halogens is 2. The number of aryl methyl sites for hydroxylation is 1. The number of aromatic nitrogens is 2. The van der Waals surface area contributed by atoms with E-state index < -0.39 is 29.1 Å². The van der Waals surface area contributed by atoms with Crippen molar-refractivity contribution in [1.29, 1.82) is 0 Å². The Balaban J connectivity index is 2.23. The Hall–Kier alpha value is -2.77. The molecule has 0 spiro atoms. The van der Waals surface area contributed by atoms with Gasteiger partial charge < -0.3 is 10.1 Å². The van der Waals surface area contributed by atoms with E-state index in [1.54, 1.807) is 6.07 Å². The minimum atomic E-state index is -1.33. The molecule has 0 bridgehead atoms. The summed E-state index contributed by atoms with van der Waals surface area (Å²) in [6.45, 7) is 1.98. The standard InChI is InChI=1S/C15H15F2N3O3/c1-3-4-8-7-12(20-19-8)14(21)18-9-5-10(15(22)23-2)13(17)11(16)6-9/h5-7H,3-4H2,1-2H3,(H,18,21)(H,19,20). The molecule has 1 aromatic carbocycles. The molecule has 0 saturated heterocycles. The maximum Gasteiger partial charge on any atom is 0.341 e. The highest BCUT2D eigenvalue weighted by atomic mass is 19.2. The van der Waals surface area contributed by atoms with Crippen molar-refractivity contribution < 1.29 is 23.1 Å². The largest absolute Gasteiger partial charge is 0.465 e. The Morgan fingerprint density at radius 3 is 2.70 bits per heavy atom. The summed E-state index contributed by atoms with van der Waals surface area (Å²) in [7, 11) is 1.05. The van der Waals surface area contributed by atoms with E-state index in [1.807, 2.05) is 6.92 Å². The van der Waals surface area contributed by atoms with E-state index in [-0.39, 0.29) is 11.4 Å². The molecule has 0 saturated carbocycles. The van der Waals surface area contributed by atoms with Gasteiger partial charge in [0.25, 0.3) is 5.91 Å². The zero-order chi connectivity index (χ0) is 17.0. The zero-order valence-corrected chi connectivity index (χ0v) is 12.6. The van der Waals surface area contributed by atoms with Gasteiger partial charge in [0.1, 0.15) is 5.56 Å². The van der Waals surface area contributed by atoms with Crippen molar-refractivity contribution in [2.24, 2.45) is 0 Å². The van der Waals surface area contributed by atoms with Gasteiger partial charge in [0, 0.05) is 17.4 Å². The second kappa shape index (κ2) is 6.99. The maximum absolute atomic E-state index is 13.6. The van der Waals surface area contributed by atoms with Crippen LogP contribution in [0.2, 0.25) is 0 Å². The number of ether oxygens (including phenoxy) is 1. The van der Waals surface area contributed by atoms with Gasteiger partial charge >= 0.3 is 5.97 Å². The molecule has 2 N–H and O–H groups in total.